The second kappa shape index (κ2) is 6.50. The molecule has 2 aromatic heterocycles. The van der Waals surface area contributed by atoms with E-state index in [1.807, 2.05) is 32.9 Å². The van der Waals surface area contributed by atoms with Gasteiger partial charge in [0.1, 0.15) is 16.7 Å². The second-order valence-electron chi connectivity index (χ2n) is 5.03. The molecular weight excluding hydrogens is 311 g/mol. The smallest absolute Gasteiger partial charge is 0.256 e. The lowest BCUT2D eigenvalue weighted by Gasteiger charge is -2.26. The molecule has 0 bridgehead atoms. The van der Waals surface area contributed by atoms with Crippen molar-refractivity contribution in [3.05, 3.63) is 51.7 Å². The summed E-state index contributed by atoms with van der Waals surface area (Å²) < 4.78 is 5.54. The van der Waals surface area contributed by atoms with Crippen molar-refractivity contribution in [3.8, 4) is 0 Å². The minimum Gasteiger partial charge on any atom is -0.464 e. The fourth-order valence-electron chi connectivity index (χ4n) is 1.96. The van der Waals surface area contributed by atoms with Gasteiger partial charge in [-0.05, 0) is 39.0 Å². The summed E-state index contributed by atoms with van der Waals surface area (Å²) in [5, 5.41) is 0.519. The van der Waals surface area contributed by atoms with Crippen LogP contribution in [0.15, 0.2) is 28.8 Å². The number of aromatic nitrogens is 1. The maximum atomic E-state index is 12.7. The Morgan fingerprint density at radius 2 is 2.10 bits per heavy atom. The number of aryl methyl sites for hydroxylation is 1. The van der Waals surface area contributed by atoms with E-state index in [1.54, 1.807) is 4.90 Å². The Kier molecular flexibility index (Phi) is 4.91. The molecular formula is C15H16Cl2N2O2. The van der Waals surface area contributed by atoms with Gasteiger partial charge >= 0.3 is 0 Å². The zero-order chi connectivity index (χ0) is 15.6. The van der Waals surface area contributed by atoms with Gasteiger partial charge in [-0.3, -0.25) is 4.79 Å². The van der Waals surface area contributed by atoms with Crippen molar-refractivity contribution in [2.75, 3.05) is 0 Å². The number of halogens is 2. The first-order valence-corrected chi connectivity index (χ1v) is 7.31. The van der Waals surface area contributed by atoms with Crippen molar-refractivity contribution < 1.29 is 9.21 Å². The van der Waals surface area contributed by atoms with E-state index in [0.717, 1.165) is 11.5 Å². The quantitative estimate of drug-likeness (QED) is 0.785. The lowest BCUT2D eigenvalue weighted by molar-refractivity contribution is 0.0675. The van der Waals surface area contributed by atoms with Crippen LogP contribution in [0.4, 0.5) is 0 Å². The van der Waals surface area contributed by atoms with Crippen LogP contribution in [0.1, 0.15) is 35.7 Å². The van der Waals surface area contributed by atoms with Crippen LogP contribution in [0.25, 0.3) is 0 Å². The first-order chi connectivity index (χ1) is 9.88. The van der Waals surface area contributed by atoms with E-state index < -0.39 is 0 Å². The molecule has 1 amide bonds. The number of carbonyl (C=O) groups excluding carboxylic acids is 1. The van der Waals surface area contributed by atoms with Gasteiger partial charge < -0.3 is 9.32 Å². The first kappa shape index (κ1) is 15.9. The van der Waals surface area contributed by atoms with Gasteiger partial charge in [0.05, 0.1) is 17.1 Å². The summed E-state index contributed by atoms with van der Waals surface area (Å²) in [6.45, 7) is 6.11. The van der Waals surface area contributed by atoms with E-state index in [4.69, 9.17) is 27.6 Å². The predicted molar refractivity (Wildman–Crippen MR) is 82.7 cm³/mol. The summed E-state index contributed by atoms with van der Waals surface area (Å²) >= 11 is 11.9. The zero-order valence-electron chi connectivity index (χ0n) is 12.1. The van der Waals surface area contributed by atoms with E-state index in [1.165, 1.54) is 12.3 Å². The van der Waals surface area contributed by atoms with Crippen molar-refractivity contribution in [2.45, 2.75) is 33.4 Å². The van der Waals surface area contributed by atoms with Crippen LogP contribution in [0.5, 0.6) is 0 Å². The molecule has 0 radical (unpaired) electrons. The molecule has 0 atom stereocenters. The number of pyridine rings is 1. The molecule has 0 aliphatic heterocycles. The molecule has 6 heteroatoms. The van der Waals surface area contributed by atoms with Gasteiger partial charge in [-0.15, -0.1) is 0 Å². The van der Waals surface area contributed by atoms with Gasteiger partial charge in [0, 0.05) is 12.2 Å². The number of amides is 1. The lowest BCUT2D eigenvalue weighted by atomic mass is 10.2. The molecule has 0 saturated heterocycles. The largest absolute Gasteiger partial charge is 0.464 e. The molecule has 0 N–H and O–H groups in total. The van der Waals surface area contributed by atoms with Crippen molar-refractivity contribution in [1.29, 1.82) is 0 Å². The van der Waals surface area contributed by atoms with Gasteiger partial charge in [0.15, 0.2) is 0 Å². The van der Waals surface area contributed by atoms with Crippen LogP contribution in [0, 0.1) is 6.92 Å². The maximum Gasteiger partial charge on any atom is 0.256 e. The Hall–Kier alpha value is -1.52. The molecule has 21 heavy (non-hydrogen) atoms. The summed E-state index contributed by atoms with van der Waals surface area (Å²) in [5.74, 6) is 1.34. The van der Waals surface area contributed by atoms with Crippen molar-refractivity contribution in [1.82, 2.24) is 9.88 Å². The summed E-state index contributed by atoms with van der Waals surface area (Å²) in [7, 11) is 0. The van der Waals surface area contributed by atoms with E-state index >= 15 is 0 Å². The lowest BCUT2D eigenvalue weighted by Crippen LogP contribution is -2.36. The molecule has 0 saturated carbocycles. The second-order valence-corrected chi connectivity index (χ2v) is 5.82. The summed E-state index contributed by atoms with van der Waals surface area (Å²) in [6, 6.07) is 5.20. The molecule has 2 heterocycles. The summed E-state index contributed by atoms with van der Waals surface area (Å²) in [5.41, 5.74) is 0.341. The van der Waals surface area contributed by atoms with Crippen LogP contribution in [0.3, 0.4) is 0 Å². The molecule has 2 aromatic rings. The molecule has 0 aliphatic carbocycles. The van der Waals surface area contributed by atoms with Crippen LogP contribution in [0.2, 0.25) is 10.2 Å². The van der Waals surface area contributed by atoms with E-state index in [0.29, 0.717) is 12.1 Å². The van der Waals surface area contributed by atoms with E-state index in [9.17, 15) is 4.79 Å². The standard InChI is InChI=1S/C15H16Cl2N2O2/c1-9(2)19(8-11-5-4-10(3)21-11)15(20)12-6-14(17)18-7-13(12)16/h4-7,9H,8H2,1-3H3. The monoisotopic (exact) mass is 326 g/mol. The molecule has 0 fully saturated rings. The van der Waals surface area contributed by atoms with Gasteiger partial charge in [-0.1, -0.05) is 23.2 Å². The summed E-state index contributed by atoms with van der Waals surface area (Å²) in [4.78, 5) is 18.2. The van der Waals surface area contributed by atoms with E-state index in [-0.39, 0.29) is 22.1 Å². The maximum absolute atomic E-state index is 12.7. The van der Waals surface area contributed by atoms with Gasteiger partial charge in [0.25, 0.3) is 5.91 Å². The van der Waals surface area contributed by atoms with Crippen molar-refractivity contribution >= 4 is 29.1 Å². The first-order valence-electron chi connectivity index (χ1n) is 6.56. The molecule has 0 aromatic carbocycles. The molecule has 0 spiro atoms. The van der Waals surface area contributed by atoms with Gasteiger partial charge in [0.2, 0.25) is 0 Å². The topological polar surface area (TPSA) is 46.3 Å². The Morgan fingerprint density at radius 1 is 1.38 bits per heavy atom. The number of nitrogens with zero attached hydrogens (tertiary/aromatic N) is 2. The summed E-state index contributed by atoms with van der Waals surface area (Å²) in [6.07, 6.45) is 1.38. The highest BCUT2D eigenvalue weighted by Crippen LogP contribution is 2.22. The predicted octanol–water partition coefficient (Wildman–Crippen LogP) is 4.34. The van der Waals surface area contributed by atoms with Crippen LogP contribution >= 0.6 is 23.2 Å². The molecule has 112 valence electrons. The molecule has 0 aliphatic rings. The van der Waals surface area contributed by atoms with Crippen molar-refractivity contribution in [3.63, 3.8) is 0 Å². The average molecular weight is 327 g/mol. The normalized spacial score (nSPS) is 11.0. The highest BCUT2D eigenvalue weighted by Gasteiger charge is 2.23. The van der Waals surface area contributed by atoms with Gasteiger partial charge in [-0.25, -0.2) is 4.98 Å². The zero-order valence-corrected chi connectivity index (χ0v) is 13.6. The minimum atomic E-state index is -0.201. The number of carbonyl (C=O) groups is 1. The Balaban J connectivity index is 2.29. The van der Waals surface area contributed by atoms with Crippen molar-refractivity contribution in [2.24, 2.45) is 0 Å². The SMILES string of the molecule is Cc1ccc(CN(C(=O)c2cc(Cl)ncc2Cl)C(C)C)o1. The molecule has 4 nitrogen and oxygen atoms in total. The fraction of sp³-hybridized carbons (Fsp3) is 0.333. The molecule has 0 unspecified atom stereocenters. The highest BCUT2D eigenvalue weighted by atomic mass is 35.5. The third kappa shape index (κ3) is 3.77. The van der Waals surface area contributed by atoms with Gasteiger partial charge in [-0.2, -0.15) is 0 Å². The van der Waals surface area contributed by atoms with Crippen LogP contribution < -0.4 is 0 Å². The Morgan fingerprint density at radius 3 is 2.67 bits per heavy atom. The van der Waals surface area contributed by atoms with Crippen LogP contribution in [-0.4, -0.2) is 21.8 Å². The average Bonchev–Trinajstić information content (AvgIpc) is 2.83. The van der Waals surface area contributed by atoms with E-state index in [2.05, 4.69) is 4.98 Å². The molecule has 2 rings (SSSR count). The number of hydrogen-bond donors (Lipinski definition) is 0. The highest BCUT2D eigenvalue weighted by molar-refractivity contribution is 6.35. The fourth-order valence-corrected chi connectivity index (χ4v) is 2.30. The van der Waals surface area contributed by atoms with Crippen LogP contribution in [-0.2, 0) is 6.54 Å². The Bertz CT molecular complexity index is 653. The number of furan rings is 1. The number of rotatable bonds is 4. The third-order valence-corrected chi connectivity index (χ3v) is 3.57. The third-order valence-electron chi connectivity index (χ3n) is 3.06. The number of hydrogen-bond acceptors (Lipinski definition) is 3. The Labute approximate surface area is 133 Å². The minimum absolute atomic E-state index is 0.00841.